The molecular weight excluding hydrogens is 374 g/mol. The lowest BCUT2D eigenvalue weighted by atomic mass is 10.1. The minimum absolute atomic E-state index is 0.00435. The number of aromatic nitrogens is 2. The maximum atomic E-state index is 12.9. The molecule has 0 N–H and O–H groups in total. The fraction of sp³-hybridized carbons (Fsp3) is 0.524. The molecule has 1 aromatic carbocycles. The average Bonchev–Trinajstić information content (AvgIpc) is 3.33. The molecule has 7 heteroatoms. The molecule has 1 fully saturated rings. The second kappa shape index (κ2) is 7.03. The van der Waals surface area contributed by atoms with Gasteiger partial charge in [0, 0.05) is 30.4 Å². The van der Waals surface area contributed by atoms with Gasteiger partial charge < -0.3 is 4.90 Å². The van der Waals surface area contributed by atoms with Gasteiger partial charge >= 0.3 is 0 Å². The smallest absolute Gasteiger partial charge is 0.253 e. The molecule has 0 unspecified atom stereocenters. The van der Waals surface area contributed by atoms with Crippen LogP contribution in [0.5, 0.6) is 0 Å². The summed E-state index contributed by atoms with van der Waals surface area (Å²) in [7, 11) is -1.16. The van der Waals surface area contributed by atoms with Crippen LogP contribution < -0.4 is 0 Å². The molecule has 6 nitrogen and oxygen atoms in total. The largest absolute Gasteiger partial charge is 0.337 e. The van der Waals surface area contributed by atoms with Crippen LogP contribution in [0.25, 0.3) is 0 Å². The summed E-state index contributed by atoms with van der Waals surface area (Å²) in [4.78, 5) is 14.7. The van der Waals surface area contributed by atoms with Crippen molar-refractivity contribution < 1.29 is 13.2 Å². The summed E-state index contributed by atoms with van der Waals surface area (Å²) in [6, 6.07) is 5.94. The normalized spacial score (nSPS) is 20.3. The summed E-state index contributed by atoms with van der Waals surface area (Å²) in [6.45, 7) is 4.36. The number of hydrogen-bond donors (Lipinski definition) is 0. The first-order valence-corrected chi connectivity index (χ1v) is 11.7. The minimum Gasteiger partial charge on any atom is -0.337 e. The van der Waals surface area contributed by atoms with Gasteiger partial charge in [0.25, 0.3) is 5.91 Å². The fourth-order valence-electron chi connectivity index (χ4n) is 4.48. The highest BCUT2D eigenvalue weighted by atomic mass is 32.2. The molecule has 2 aliphatic rings. The van der Waals surface area contributed by atoms with Crippen molar-refractivity contribution in [1.82, 2.24) is 14.7 Å². The highest BCUT2D eigenvalue weighted by molar-refractivity contribution is 7.91. The van der Waals surface area contributed by atoms with Crippen LogP contribution in [0.1, 0.15) is 57.3 Å². The third kappa shape index (κ3) is 3.48. The maximum Gasteiger partial charge on any atom is 0.253 e. The van der Waals surface area contributed by atoms with Crippen LogP contribution in [0.15, 0.2) is 18.2 Å². The van der Waals surface area contributed by atoms with Crippen LogP contribution in [-0.2, 0) is 29.2 Å². The maximum absolute atomic E-state index is 12.9. The molecule has 0 radical (unpaired) electrons. The zero-order chi connectivity index (χ0) is 20.1. The Morgan fingerprint density at radius 2 is 2.00 bits per heavy atom. The van der Waals surface area contributed by atoms with E-state index in [4.69, 9.17) is 0 Å². The van der Waals surface area contributed by atoms with Gasteiger partial charge in [0.2, 0.25) is 0 Å². The van der Waals surface area contributed by atoms with E-state index in [9.17, 15) is 13.2 Å². The molecule has 1 saturated heterocycles. The van der Waals surface area contributed by atoms with E-state index in [0.29, 0.717) is 13.0 Å². The van der Waals surface area contributed by atoms with Gasteiger partial charge in [-0.15, -0.1) is 0 Å². The molecule has 2 aromatic rings. The van der Waals surface area contributed by atoms with Gasteiger partial charge in [-0.25, -0.2) is 8.42 Å². The van der Waals surface area contributed by atoms with Gasteiger partial charge in [-0.2, -0.15) is 5.10 Å². The molecule has 28 heavy (non-hydrogen) atoms. The molecule has 0 bridgehead atoms. The number of carbonyl (C=O) groups is 1. The lowest BCUT2D eigenvalue weighted by Gasteiger charge is -2.19. The number of hydrogen-bond acceptors (Lipinski definition) is 4. The van der Waals surface area contributed by atoms with E-state index in [0.717, 1.165) is 41.8 Å². The van der Waals surface area contributed by atoms with Crippen LogP contribution in [0, 0.1) is 13.8 Å². The third-order valence-corrected chi connectivity index (χ3v) is 7.87. The van der Waals surface area contributed by atoms with E-state index < -0.39 is 9.84 Å². The minimum atomic E-state index is -2.97. The van der Waals surface area contributed by atoms with Crippen molar-refractivity contribution in [3.8, 4) is 0 Å². The second-order valence-electron chi connectivity index (χ2n) is 8.15. The topological polar surface area (TPSA) is 72.3 Å². The predicted molar refractivity (Wildman–Crippen MR) is 108 cm³/mol. The summed E-state index contributed by atoms with van der Waals surface area (Å²) < 4.78 is 25.5. The van der Waals surface area contributed by atoms with E-state index in [1.165, 1.54) is 11.1 Å². The molecule has 0 saturated carbocycles. The number of sulfone groups is 1. The van der Waals surface area contributed by atoms with Gasteiger partial charge in [0.1, 0.15) is 0 Å². The number of nitrogens with zero attached hydrogens (tertiary/aromatic N) is 3. The van der Waals surface area contributed by atoms with E-state index >= 15 is 0 Å². The number of benzene rings is 1. The first-order valence-electron chi connectivity index (χ1n) is 9.87. The second-order valence-corrected chi connectivity index (χ2v) is 10.4. The Labute approximate surface area is 166 Å². The Bertz CT molecular complexity index is 1040. The molecule has 1 atom stereocenters. The van der Waals surface area contributed by atoms with Crippen molar-refractivity contribution in [3.63, 3.8) is 0 Å². The summed E-state index contributed by atoms with van der Waals surface area (Å²) in [5.74, 6) is 0.380. The Morgan fingerprint density at radius 1 is 1.25 bits per heavy atom. The number of amides is 1. The molecular formula is C21H27N3O3S. The fourth-order valence-corrected chi connectivity index (χ4v) is 6.18. The van der Waals surface area contributed by atoms with Crippen LogP contribution in [0.4, 0.5) is 0 Å². The molecule has 1 aliphatic carbocycles. The summed E-state index contributed by atoms with van der Waals surface area (Å²) in [5.41, 5.74) is 6.19. The number of carbonyl (C=O) groups excluding carboxylic acids is 1. The Hall–Kier alpha value is -2.15. The summed E-state index contributed by atoms with van der Waals surface area (Å²) in [6.07, 6.45) is 3.93. The van der Waals surface area contributed by atoms with Crippen molar-refractivity contribution in [1.29, 1.82) is 0 Å². The van der Waals surface area contributed by atoms with E-state index in [1.54, 1.807) is 4.90 Å². The average molecular weight is 402 g/mol. The molecule has 150 valence electrons. The van der Waals surface area contributed by atoms with Crippen LogP contribution in [0.2, 0.25) is 0 Å². The first kappa shape index (κ1) is 19.2. The zero-order valence-electron chi connectivity index (χ0n) is 16.7. The van der Waals surface area contributed by atoms with Crippen molar-refractivity contribution in [3.05, 3.63) is 51.8 Å². The van der Waals surface area contributed by atoms with Gasteiger partial charge in [0.05, 0.1) is 23.2 Å². The summed E-state index contributed by atoms with van der Waals surface area (Å²) in [5, 5.41) is 4.60. The van der Waals surface area contributed by atoms with Crippen LogP contribution >= 0.6 is 0 Å². The van der Waals surface area contributed by atoms with Gasteiger partial charge in [-0.1, -0.05) is 6.07 Å². The van der Waals surface area contributed by atoms with Gasteiger partial charge in [-0.3, -0.25) is 9.48 Å². The van der Waals surface area contributed by atoms with E-state index in [1.807, 2.05) is 37.7 Å². The molecule has 4 rings (SSSR count). The Balaban J connectivity index is 1.53. The van der Waals surface area contributed by atoms with Crippen molar-refractivity contribution in [2.75, 3.05) is 18.6 Å². The van der Waals surface area contributed by atoms with Gasteiger partial charge in [-0.05, 0) is 62.8 Å². The van der Waals surface area contributed by atoms with Crippen molar-refractivity contribution in [2.24, 2.45) is 0 Å². The van der Waals surface area contributed by atoms with Crippen LogP contribution in [0.3, 0.4) is 0 Å². The SMILES string of the molecule is Cc1nn([C@@H]2CCS(=O)(=O)C2)c(C)c1CN(C)C(=O)c1ccc2c(c1)CCC2. The quantitative estimate of drug-likeness (QED) is 0.790. The summed E-state index contributed by atoms with van der Waals surface area (Å²) >= 11 is 0. The zero-order valence-corrected chi connectivity index (χ0v) is 17.6. The number of fused-ring (bicyclic) bond motifs is 1. The Kier molecular flexibility index (Phi) is 4.81. The highest BCUT2D eigenvalue weighted by Gasteiger charge is 2.31. The van der Waals surface area contributed by atoms with E-state index in [2.05, 4.69) is 11.2 Å². The molecule has 1 aromatic heterocycles. The van der Waals surface area contributed by atoms with E-state index in [-0.39, 0.29) is 23.5 Å². The standard InChI is InChI=1S/C21H27N3O3S/c1-14-20(15(2)24(22-14)19-9-10-28(26,27)13-19)12-23(3)21(25)18-8-7-16-5-4-6-17(16)11-18/h7-8,11,19H,4-6,9-10,12-13H2,1-3H3/t19-/m1/s1. The Morgan fingerprint density at radius 3 is 2.71 bits per heavy atom. The number of aryl methyl sites for hydroxylation is 3. The molecule has 1 amide bonds. The van der Waals surface area contributed by atoms with Gasteiger partial charge in [0.15, 0.2) is 9.84 Å². The van der Waals surface area contributed by atoms with Crippen LogP contribution in [-0.4, -0.2) is 47.6 Å². The monoisotopic (exact) mass is 401 g/mol. The molecule has 1 aliphatic heterocycles. The lowest BCUT2D eigenvalue weighted by molar-refractivity contribution is 0.0784. The van der Waals surface area contributed by atoms with Crippen molar-refractivity contribution >= 4 is 15.7 Å². The first-order chi connectivity index (χ1) is 13.2. The molecule has 2 heterocycles. The molecule has 0 spiro atoms. The predicted octanol–water partition coefficient (Wildman–Crippen LogP) is 2.62. The highest BCUT2D eigenvalue weighted by Crippen LogP contribution is 2.28. The van der Waals surface area contributed by atoms with Crippen molar-refractivity contribution in [2.45, 2.75) is 52.1 Å². The third-order valence-electron chi connectivity index (χ3n) is 6.12. The lowest BCUT2D eigenvalue weighted by Crippen LogP contribution is -2.27. The number of rotatable bonds is 4.